The molecule has 0 radical (unpaired) electrons. The summed E-state index contributed by atoms with van der Waals surface area (Å²) in [6, 6.07) is 11.7. The molecular weight excluding hydrogens is 367 g/mol. The van der Waals surface area contributed by atoms with Gasteiger partial charge in [0.1, 0.15) is 5.75 Å². The van der Waals surface area contributed by atoms with E-state index in [4.69, 9.17) is 0 Å². The first-order chi connectivity index (χ1) is 12.2. The van der Waals surface area contributed by atoms with Crippen LogP contribution in [0.4, 0.5) is 18.9 Å². The van der Waals surface area contributed by atoms with Crippen LogP contribution in [0.3, 0.4) is 0 Å². The van der Waals surface area contributed by atoms with E-state index in [9.17, 15) is 26.4 Å². The van der Waals surface area contributed by atoms with Gasteiger partial charge in [0, 0.05) is 12.2 Å². The Morgan fingerprint density at radius 1 is 1.04 bits per heavy atom. The quantitative estimate of drug-likeness (QED) is 0.815. The molecule has 26 heavy (non-hydrogen) atoms. The summed E-state index contributed by atoms with van der Waals surface area (Å²) in [5.74, 6) is -2.28. The Balaban J connectivity index is 1.78. The summed E-state index contributed by atoms with van der Waals surface area (Å²) in [6.45, 7) is 0.368. The van der Waals surface area contributed by atoms with E-state index < -0.39 is 39.0 Å². The number of carbonyl (C=O) groups is 1. The number of amides is 1. The first-order valence-corrected chi connectivity index (χ1v) is 9.73. The van der Waals surface area contributed by atoms with Gasteiger partial charge < -0.3 is 4.90 Å². The van der Waals surface area contributed by atoms with Crippen molar-refractivity contribution in [3.8, 4) is 0 Å². The van der Waals surface area contributed by atoms with Crippen LogP contribution in [0.2, 0.25) is 0 Å². The zero-order valence-corrected chi connectivity index (χ0v) is 14.5. The fraction of sp³-hybridized carbons (Fsp3) is 0.278. The highest BCUT2D eigenvalue weighted by Crippen LogP contribution is 2.33. The fourth-order valence-electron chi connectivity index (χ4n) is 3.07. The minimum Gasteiger partial charge on any atom is -0.311 e. The van der Waals surface area contributed by atoms with E-state index in [1.54, 1.807) is 12.1 Å². The zero-order chi connectivity index (χ0) is 18.9. The van der Waals surface area contributed by atoms with Gasteiger partial charge >= 0.3 is 6.18 Å². The molecule has 0 bridgehead atoms. The van der Waals surface area contributed by atoms with Crippen LogP contribution in [-0.2, 0) is 33.0 Å². The molecule has 0 atom stereocenters. The number of rotatable bonds is 4. The number of anilines is 1. The maximum Gasteiger partial charge on any atom is 0.416 e. The Kier molecular flexibility index (Phi) is 4.79. The van der Waals surface area contributed by atoms with E-state index in [1.807, 2.05) is 12.1 Å². The molecule has 1 heterocycles. The summed E-state index contributed by atoms with van der Waals surface area (Å²) >= 11 is 0. The van der Waals surface area contributed by atoms with Gasteiger partial charge in [-0.2, -0.15) is 13.2 Å². The van der Waals surface area contributed by atoms with Crippen molar-refractivity contribution in [3.05, 3.63) is 65.2 Å². The topological polar surface area (TPSA) is 54.5 Å². The summed E-state index contributed by atoms with van der Waals surface area (Å²) in [5.41, 5.74) is 0.251. The Morgan fingerprint density at radius 2 is 1.69 bits per heavy atom. The first kappa shape index (κ1) is 18.4. The third-order valence-corrected chi connectivity index (χ3v) is 5.67. The molecular formula is C18H16F3NO3S. The normalized spacial score (nSPS) is 14.3. The Morgan fingerprint density at radius 3 is 2.42 bits per heavy atom. The highest BCUT2D eigenvalue weighted by atomic mass is 32.2. The number of alkyl halides is 3. The van der Waals surface area contributed by atoms with Crippen LogP contribution in [0.25, 0.3) is 0 Å². The van der Waals surface area contributed by atoms with Gasteiger partial charge in [-0.1, -0.05) is 36.4 Å². The van der Waals surface area contributed by atoms with Gasteiger partial charge in [-0.3, -0.25) is 4.79 Å². The summed E-state index contributed by atoms with van der Waals surface area (Å²) in [7, 11) is -4.05. The Bertz CT molecular complexity index is 939. The number of benzene rings is 2. The van der Waals surface area contributed by atoms with Crippen LogP contribution in [0.5, 0.6) is 0 Å². The van der Waals surface area contributed by atoms with E-state index in [0.717, 1.165) is 17.7 Å². The summed E-state index contributed by atoms with van der Waals surface area (Å²) in [6.07, 6.45) is -4.02. The highest BCUT2D eigenvalue weighted by Gasteiger charge is 2.35. The van der Waals surface area contributed by atoms with Crippen molar-refractivity contribution >= 4 is 21.4 Å². The van der Waals surface area contributed by atoms with E-state index in [2.05, 4.69) is 0 Å². The monoisotopic (exact) mass is 383 g/mol. The fourth-order valence-corrected chi connectivity index (χ4v) is 4.43. The van der Waals surface area contributed by atoms with Crippen LogP contribution in [-0.4, -0.2) is 26.6 Å². The molecule has 0 unspecified atom stereocenters. The number of halogens is 3. The number of nitrogens with zero attached hydrogens (tertiary/aromatic N) is 1. The number of sulfone groups is 1. The van der Waals surface area contributed by atoms with Gasteiger partial charge in [-0.05, 0) is 29.7 Å². The highest BCUT2D eigenvalue weighted by molar-refractivity contribution is 7.91. The predicted octanol–water partition coefficient (Wildman–Crippen LogP) is 3.21. The Labute approximate surface area is 149 Å². The molecule has 8 heteroatoms. The standard InChI is InChI=1S/C18H16F3NO3S/c19-18(20,21)15-7-3-1-6-14(15)11-26(24,25)12-17(23)22-10-9-13-5-2-4-8-16(13)22/h1-8H,9-12H2. The van der Waals surface area contributed by atoms with Gasteiger partial charge in [-0.25, -0.2) is 8.42 Å². The van der Waals surface area contributed by atoms with Crippen molar-refractivity contribution in [2.45, 2.75) is 18.3 Å². The molecule has 0 fully saturated rings. The molecule has 2 aromatic rings. The van der Waals surface area contributed by atoms with Gasteiger partial charge in [0.25, 0.3) is 0 Å². The maximum absolute atomic E-state index is 13.0. The van der Waals surface area contributed by atoms with Crippen molar-refractivity contribution < 1.29 is 26.4 Å². The van der Waals surface area contributed by atoms with Crippen molar-refractivity contribution in [2.75, 3.05) is 17.2 Å². The second-order valence-corrected chi connectivity index (χ2v) is 8.18. The molecule has 2 aromatic carbocycles. The third kappa shape index (κ3) is 3.90. The molecule has 0 aliphatic carbocycles. The van der Waals surface area contributed by atoms with Gasteiger partial charge in [0.05, 0.1) is 11.3 Å². The van der Waals surface area contributed by atoms with Crippen LogP contribution in [0.1, 0.15) is 16.7 Å². The molecule has 1 amide bonds. The van der Waals surface area contributed by atoms with Gasteiger partial charge in [0.15, 0.2) is 9.84 Å². The minimum absolute atomic E-state index is 0.352. The molecule has 0 spiro atoms. The molecule has 1 aliphatic heterocycles. The average molecular weight is 383 g/mol. The Hall–Kier alpha value is -2.35. The van der Waals surface area contributed by atoms with E-state index in [1.165, 1.54) is 17.0 Å². The molecule has 0 aromatic heterocycles. The molecule has 0 saturated carbocycles. The van der Waals surface area contributed by atoms with E-state index >= 15 is 0 Å². The van der Waals surface area contributed by atoms with E-state index in [-0.39, 0.29) is 5.56 Å². The van der Waals surface area contributed by atoms with Crippen molar-refractivity contribution in [1.29, 1.82) is 0 Å². The molecule has 0 N–H and O–H groups in total. The number of hydrogen-bond acceptors (Lipinski definition) is 3. The molecule has 3 rings (SSSR count). The second kappa shape index (κ2) is 6.75. The number of hydrogen-bond donors (Lipinski definition) is 0. The van der Waals surface area contributed by atoms with Crippen molar-refractivity contribution in [2.24, 2.45) is 0 Å². The predicted molar refractivity (Wildman–Crippen MR) is 91.4 cm³/mol. The summed E-state index contributed by atoms with van der Waals surface area (Å²) in [4.78, 5) is 13.8. The maximum atomic E-state index is 13.0. The van der Waals surface area contributed by atoms with Gasteiger partial charge in [0.2, 0.25) is 5.91 Å². The van der Waals surface area contributed by atoms with Crippen molar-refractivity contribution in [3.63, 3.8) is 0 Å². The van der Waals surface area contributed by atoms with Crippen LogP contribution < -0.4 is 4.90 Å². The molecule has 138 valence electrons. The van der Waals surface area contributed by atoms with Crippen LogP contribution >= 0.6 is 0 Å². The minimum atomic E-state index is -4.65. The summed E-state index contributed by atoms with van der Waals surface area (Å²) in [5, 5.41) is 0. The smallest absolute Gasteiger partial charge is 0.311 e. The first-order valence-electron chi connectivity index (χ1n) is 7.91. The number of carbonyl (C=O) groups excluding carboxylic acids is 1. The molecule has 4 nitrogen and oxygen atoms in total. The number of fused-ring (bicyclic) bond motifs is 1. The third-order valence-electron chi connectivity index (χ3n) is 4.23. The lowest BCUT2D eigenvalue weighted by atomic mass is 10.1. The number of para-hydroxylation sites is 1. The lowest BCUT2D eigenvalue weighted by Gasteiger charge is -2.18. The second-order valence-electron chi connectivity index (χ2n) is 6.11. The SMILES string of the molecule is O=C(CS(=O)(=O)Cc1ccccc1C(F)(F)F)N1CCc2ccccc21. The summed E-state index contributed by atoms with van der Waals surface area (Å²) < 4.78 is 63.8. The molecule has 0 saturated heterocycles. The van der Waals surface area contributed by atoms with Crippen molar-refractivity contribution in [1.82, 2.24) is 0 Å². The lowest BCUT2D eigenvalue weighted by molar-refractivity contribution is -0.138. The average Bonchev–Trinajstić information content (AvgIpc) is 2.97. The zero-order valence-electron chi connectivity index (χ0n) is 13.7. The molecule has 1 aliphatic rings. The van der Waals surface area contributed by atoms with Crippen LogP contribution in [0, 0.1) is 0 Å². The lowest BCUT2D eigenvalue weighted by Crippen LogP contribution is -2.34. The largest absolute Gasteiger partial charge is 0.416 e. The van der Waals surface area contributed by atoms with Crippen LogP contribution in [0.15, 0.2) is 48.5 Å². The van der Waals surface area contributed by atoms with Gasteiger partial charge in [-0.15, -0.1) is 0 Å². The van der Waals surface area contributed by atoms with E-state index in [0.29, 0.717) is 18.7 Å².